The fourth-order valence-corrected chi connectivity index (χ4v) is 5.03. The van der Waals surface area contributed by atoms with Gasteiger partial charge in [-0.1, -0.05) is 0 Å². The number of furan rings is 1. The maximum atomic E-state index is 13.3. The Balaban J connectivity index is 1.59. The molecule has 0 spiro atoms. The summed E-state index contributed by atoms with van der Waals surface area (Å²) in [7, 11) is 1.44. The molecule has 0 unspecified atom stereocenters. The maximum absolute atomic E-state index is 13.3. The van der Waals surface area contributed by atoms with Crippen LogP contribution in [0.15, 0.2) is 46.8 Å². The Kier molecular flexibility index (Phi) is 6.55. The standard InChI is InChI=1S/C26H28N2O8/c1-34-20-9-15(12-30)8-17-21-18(25(32)27-5-6-29)10-19(22(31)24(21)36-23(17)20)28(26(33)16-2-3-16)11-14-4-7-35-13-14/h4,7-10,12-13,16,19,21-22,24,29,31H,2-3,5-6,11H2,1H3,(H,27,32)/t19-,21+,22+,24+/m1/s1. The van der Waals surface area contributed by atoms with Gasteiger partial charge in [0.15, 0.2) is 11.5 Å². The molecule has 5 rings (SSSR count). The number of aliphatic hydroxyl groups is 2. The van der Waals surface area contributed by atoms with Crippen LogP contribution in [0.1, 0.15) is 40.2 Å². The van der Waals surface area contributed by atoms with E-state index in [0.717, 1.165) is 18.4 Å². The summed E-state index contributed by atoms with van der Waals surface area (Å²) in [4.78, 5) is 39.8. The van der Waals surface area contributed by atoms with Gasteiger partial charge in [-0.3, -0.25) is 14.4 Å². The number of carbonyl (C=O) groups excluding carboxylic acids is 3. The van der Waals surface area contributed by atoms with Crippen LogP contribution in [0, 0.1) is 5.92 Å². The third kappa shape index (κ3) is 4.27. The molecule has 1 aromatic heterocycles. The monoisotopic (exact) mass is 496 g/mol. The van der Waals surface area contributed by atoms with Crippen molar-refractivity contribution >= 4 is 18.1 Å². The minimum Gasteiger partial charge on any atom is -0.493 e. The van der Waals surface area contributed by atoms with Gasteiger partial charge in [-0.15, -0.1) is 0 Å². The highest BCUT2D eigenvalue weighted by molar-refractivity contribution is 5.96. The van der Waals surface area contributed by atoms with E-state index in [1.54, 1.807) is 23.1 Å². The number of aliphatic hydroxyl groups excluding tert-OH is 2. The number of benzene rings is 1. The number of hydrogen-bond acceptors (Lipinski definition) is 8. The Morgan fingerprint density at radius 2 is 2.11 bits per heavy atom. The number of fused-ring (bicyclic) bond motifs is 3. The summed E-state index contributed by atoms with van der Waals surface area (Å²) in [6.45, 7) is -0.0212. The Bertz CT molecular complexity index is 1190. The van der Waals surface area contributed by atoms with Gasteiger partial charge in [0.1, 0.15) is 18.5 Å². The number of amides is 2. The van der Waals surface area contributed by atoms with Crippen molar-refractivity contribution in [2.24, 2.45) is 5.92 Å². The molecule has 36 heavy (non-hydrogen) atoms. The van der Waals surface area contributed by atoms with E-state index >= 15 is 0 Å². The predicted octanol–water partition coefficient (Wildman–Crippen LogP) is 1.16. The molecule has 10 heteroatoms. The largest absolute Gasteiger partial charge is 0.493 e. The van der Waals surface area contributed by atoms with Crippen LogP contribution >= 0.6 is 0 Å². The summed E-state index contributed by atoms with van der Waals surface area (Å²) in [6.07, 6.45) is 4.81. The molecule has 190 valence electrons. The van der Waals surface area contributed by atoms with Crippen molar-refractivity contribution in [3.05, 3.63) is 59.1 Å². The first-order valence-corrected chi connectivity index (χ1v) is 11.9. The van der Waals surface area contributed by atoms with Gasteiger partial charge in [-0.05, 0) is 37.1 Å². The second-order valence-corrected chi connectivity index (χ2v) is 9.27. The van der Waals surface area contributed by atoms with Crippen molar-refractivity contribution in [2.45, 2.75) is 43.6 Å². The molecule has 1 fully saturated rings. The molecule has 2 heterocycles. The summed E-state index contributed by atoms with van der Waals surface area (Å²) in [5.74, 6) is -0.739. The molecule has 3 N–H and O–H groups in total. The highest BCUT2D eigenvalue weighted by Gasteiger charge is 2.52. The minimum atomic E-state index is -1.17. The molecule has 4 atom stereocenters. The number of nitrogens with one attached hydrogen (secondary N) is 1. The molecule has 2 aliphatic carbocycles. The quantitative estimate of drug-likeness (QED) is 0.440. The Hall–Kier alpha value is -3.63. The lowest BCUT2D eigenvalue weighted by molar-refractivity contribution is -0.139. The number of methoxy groups -OCH3 is 1. The van der Waals surface area contributed by atoms with Crippen LogP contribution in [-0.4, -0.2) is 71.7 Å². The van der Waals surface area contributed by atoms with Gasteiger partial charge in [0.25, 0.3) is 0 Å². The molecule has 10 nitrogen and oxygen atoms in total. The highest BCUT2D eigenvalue weighted by Crippen LogP contribution is 2.51. The Labute approximate surface area is 207 Å². The summed E-state index contributed by atoms with van der Waals surface area (Å²) >= 11 is 0. The van der Waals surface area contributed by atoms with E-state index < -0.39 is 30.1 Å². The molecule has 0 saturated heterocycles. The van der Waals surface area contributed by atoms with Crippen LogP contribution in [0.25, 0.3) is 0 Å². The number of ether oxygens (including phenoxy) is 2. The Morgan fingerprint density at radius 3 is 2.75 bits per heavy atom. The van der Waals surface area contributed by atoms with E-state index in [4.69, 9.17) is 13.9 Å². The number of carbonyl (C=O) groups is 3. The first kappa shape index (κ1) is 24.1. The highest BCUT2D eigenvalue weighted by atomic mass is 16.5. The topological polar surface area (TPSA) is 139 Å². The number of rotatable bonds is 9. The molecule has 1 aliphatic heterocycles. The average Bonchev–Trinajstić information content (AvgIpc) is 3.48. The fraction of sp³-hybridized carbons (Fsp3) is 0.423. The molecule has 0 radical (unpaired) electrons. The van der Waals surface area contributed by atoms with Crippen molar-refractivity contribution < 1.29 is 38.5 Å². The van der Waals surface area contributed by atoms with Gasteiger partial charge in [0, 0.05) is 41.3 Å². The maximum Gasteiger partial charge on any atom is 0.247 e. The van der Waals surface area contributed by atoms with Gasteiger partial charge in [0.05, 0.1) is 38.2 Å². The number of aldehydes is 1. The second kappa shape index (κ2) is 9.79. The molecular weight excluding hydrogens is 468 g/mol. The third-order valence-corrected chi connectivity index (χ3v) is 6.91. The van der Waals surface area contributed by atoms with E-state index in [1.165, 1.54) is 25.7 Å². The molecule has 2 aromatic rings. The van der Waals surface area contributed by atoms with Crippen LogP contribution in [0.2, 0.25) is 0 Å². The van der Waals surface area contributed by atoms with Crippen molar-refractivity contribution in [1.29, 1.82) is 0 Å². The van der Waals surface area contributed by atoms with Crippen LogP contribution in [0.4, 0.5) is 0 Å². The summed E-state index contributed by atoms with van der Waals surface area (Å²) < 4.78 is 16.8. The second-order valence-electron chi connectivity index (χ2n) is 9.27. The van der Waals surface area contributed by atoms with Gasteiger partial charge in [-0.25, -0.2) is 0 Å². The predicted molar refractivity (Wildman–Crippen MR) is 125 cm³/mol. The lowest BCUT2D eigenvalue weighted by Gasteiger charge is -2.40. The van der Waals surface area contributed by atoms with Crippen LogP contribution in [-0.2, 0) is 16.1 Å². The smallest absolute Gasteiger partial charge is 0.247 e. The molecule has 3 aliphatic rings. The molecular formula is C26H28N2O8. The van der Waals surface area contributed by atoms with E-state index in [1.807, 2.05) is 0 Å². The summed E-state index contributed by atoms with van der Waals surface area (Å²) in [5, 5.41) is 23.5. The van der Waals surface area contributed by atoms with Gasteiger partial charge in [-0.2, -0.15) is 0 Å². The molecule has 1 aromatic carbocycles. The normalized spacial score (nSPS) is 24.1. The van der Waals surface area contributed by atoms with Crippen LogP contribution in [0.3, 0.4) is 0 Å². The zero-order valence-electron chi connectivity index (χ0n) is 19.8. The van der Waals surface area contributed by atoms with Gasteiger partial charge < -0.3 is 34.3 Å². The van der Waals surface area contributed by atoms with Gasteiger partial charge in [0.2, 0.25) is 11.8 Å². The molecule has 0 bridgehead atoms. The van der Waals surface area contributed by atoms with Crippen molar-refractivity contribution in [1.82, 2.24) is 10.2 Å². The third-order valence-electron chi connectivity index (χ3n) is 6.91. The van der Waals surface area contributed by atoms with Crippen molar-refractivity contribution in [3.63, 3.8) is 0 Å². The zero-order chi connectivity index (χ0) is 25.4. The molecule has 1 saturated carbocycles. The lowest BCUT2D eigenvalue weighted by Crippen LogP contribution is -2.55. The lowest BCUT2D eigenvalue weighted by atomic mass is 9.77. The van der Waals surface area contributed by atoms with Gasteiger partial charge >= 0.3 is 0 Å². The first-order valence-electron chi connectivity index (χ1n) is 11.9. The first-order chi connectivity index (χ1) is 17.5. The van der Waals surface area contributed by atoms with Crippen LogP contribution in [0.5, 0.6) is 11.5 Å². The van der Waals surface area contributed by atoms with E-state index in [2.05, 4.69) is 5.32 Å². The van der Waals surface area contributed by atoms with Crippen LogP contribution < -0.4 is 14.8 Å². The minimum absolute atomic E-state index is 0.0337. The number of hydrogen-bond donors (Lipinski definition) is 3. The van der Waals surface area contributed by atoms with Crippen molar-refractivity contribution in [3.8, 4) is 11.5 Å². The zero-order valence-corrected chi connectivity index (χ0v) is 19.8. The summed E-state index contributed by atoms with van der Waals surface area (Å²) in [5.41, 5.74) is 1.92. The van der Waals surface area contributed by atoms with E-state index in [9.17, 15) is 24.6 Å². The number of nitrogens with zero attached hydrogens (tertiary/aromatic N) is 1. The van der Waals surface area contributed by atoms with E-state index in [0.29, 0.717) is 28.9 Å². The molecule has 2 amide bonds. The average molecular weight is 497 g/mol. The van der Waals surface area contributed by atoms with Crippen molar-refractivity contribution in [2.75, 3.05) is 20.3 Å². The fourth-order valence-electron chi connectivity index (χ4n) is 5.03. The SMILES string of the molecule is COc1cc(C=O)cc2c1O[C@@H]1[C@@H](O)[C@H](N(Cc3ccoc3)C(=O)C3CC3)C=C(C(=O)NCCO)[C@H]21. The summed E-state index contributed by atoms with van der Waals surface area (Å²) in [6, 6.07) is 4.05. The Morgan fingerprint density at radius 1 is 1.31 bits per heavy atom. The van der Waals surface area contributed by atoms with E-state index in [-0.39, 0.29) is 37.1 Å².